The molecule has 0 atom stereocenters. The highest BCUT2D eigenvalue weighted by molar-refractivity contribution is 14.0. The summed E-state index contributed by atoms with van der Waals surface area (Å²) < 4.78 is 4.97. The van der Waals surface area contributed by atoms with Crippen molar-refractivity contribution in [1.29, 1.82) is 0 Å². The number of nitrogens with zero attached hydrogens (tertiary/aromatic N) is 4. The van der Waals surface area contributed by atoms with E-state index in [0.29, 0.717) is 19.7 Å². The molecule has 8 nitrogen and oxygen atoms in total. The van der Waals surface area contributed by atoms with E-state index in [-0.39, 0.29) is 29.9 Å². The van der Waals surface area contributed by atoms with Gasteiger partial charge in [-0.05, 0) is 52.2 Å². The van der Waals surface area contributed by atoms with E-state index in [1.807, 2.05) is 0 Å². The zero-order valence-electron chi connectivity index (χ0n) is 19.7. The van der Waals surface area contributed by atoms with Crippen LogP contribution in [0.4, 0.5) is 0 Å². The molecular formula is C22H45IN6O2. The molecule has 2 N–H and O–H groups in total. The lowest BCUT2D eigenvalue weighted by Gasteiger charge is -2.36. The first-order valence-corrected chi connectivity index (χ1v) is 12.0. The molecule has 0 bridgehead atoms. The number of unbranched alkanes of at least 4 members (excludes halogenated alkanes) is 2. The topological polar surface area (TPSA) is 72.4 Å². The summed E-state index contributed by atoms with van der Waals surface area (Å²) in [7, 11) is 1.64. The molecular weight excluding hydrogens is 507 g/mol. The summed E-state index contributed by atoms with van der Waals surface area (Å²) in [5.74, 6) is 1.10. The van der Waals surface area contributed by atoms with Crippen molar-refractivity contribution in [2.45, 2.75) is 45.4 Å². The molecule has 182 valence electrons. The Bertz CT molecular complexity index is 494. The molecule has 1 amide bonds. The number of carbonyl (C=O) groups excluding carboxylic acids is 1. The van der Waals surface area contributed by atoms with Crippen LogP contribution in [0.25, 0.3) is 0 Å². The lowest BCUT2D eigenvalue weighted by atomic mass is 10.1. The second-order valence-electron chi connectivity index (χ2n) is 8.30. The first-order chi connectivity index (χ1) is 14.7. The first kappa shape index (κ1) is 28.4. The molecule has 0 aliphatic carbocycles. The van der Waals surface area contributed by atoms with Gasteiger partial charge in [0.15, 0.2) is 5.96 Å². The third-order valence-electron chi connectivity index (χ3n) is 5.84. The van der Waals surface area contributed by atoms with Crippen molar-refractivity contribution in [1.82, 2.24) is 25.3 Å². The number of aliphatic imine (C=N–C) groups is 1. The van der Waals surface area contributed by atoms with Crippen LogP contribution in [0.5, 0.6) is 0 Å². The molecule has 0 aromatic heterocycles. The van der Waals surface area contributed by atoms with Crippen LogP contribution in [0.3, 0.4) is 0 Å². The number of hydrogen-bond donors (Lipinski definition) is 2. The quantitative estimate of drug-likeness (QED) is 0.166. The van der Waals surface area contributed by atoms with Crippen LogP contribution in [0, 0.1) is 0 Å². The Kier molecular flexibility index (Phi) is 16.3. The summed E-state index contributed by atoms with van der Waals surface area (Å²) in [5, 5.41) is 6.33. The fourth-order valence-electron chi connectivity index (χ4n) is 4.09. The number of hydrogen-bond acceptors (Lipinski definition) is 5. The Morgan fingerprint density at radius 1 is 0.935 bits per heavy atom. The van der Waals surface area contributed by atoms with Crippen molar-refractivity contribution in [3.8, 4) is 0 Å². The van der Waals surface area contributed by atoms with E-state index in [4.69, 9.17) is 9.73 Å². The summed E-state index contributed by atoms with van der Waals surface area (Å²) in [4.78, 5) is 24.0. The highest BCUT2D eigenvalue weighted by atomic mass is 127. The molecule has 0 aromatic rings. The number of piperidine rings is 1. The third-order valence-corrected chi connectivity index (χ3v) is 5.84. The summed E-state index contributed by atoms with van der Waals surface area (Å²) >= 11 is 0. The normalized spacial score (nSPS) is 18.5. The maximum atomic E-state index is 12.0. The fraction of sp³-hybridized carbons (Fsp3) is 0.909. The number of halogens is 1. The molecule has 0 radical (unpaired) electrons. The van der Waals surface area contributed by atoms with Crippen molar-refractivity contribution < 1.29 is 9.53 Å². The van der Waals surface area contributed by atoms with Gasteiger partial charge in [-0.25, -0.2) is 0 Å². The smallest absolute Gasteiger partial charge is 0.234 e. The minimum Gasteiger partial charge on any atom is -0.383 e. The molecule has 9 heteroatoms. The van der Waals surface area contributed by atoms with Gasteiger partial charge < -0.3 is 25.2 Å². The maximum absolute atomic E-state index is 12.0. The van der Waals surface area contributed by atoms with Crippen LogP contribution >= 0.6 is 24.0 Å². The average Bonchev–Trinajstić information content (AvgIpc) is 2.77. The van der Waals surface area contributed by atoms with E-state index < -0.39 is 0 Å². The van der Waals surface area contributed by atoms with Crippen LogP contribution in [-0.4, -0.2) is 112 Å². The second-order valence-corrected chi connectivity index (χ2v) is 8.30. The van der Waals surface area contributed by atoms with Gasteiger partial charge in [-0.1, -0.05) is 12.8 Å². The largest absolute Gasteiger partial charge is 0.383 e. The van der Waals surface area contributed by atoms with Crippen LogP contribution < -0.4 is 10.6 Å². The van der Waals surface area contributed by atoms with Gasteiger partial charge >= 0.3 is 0 Å². The number of amides is 1. The Hall–Kier alpha value is -0.650. The van der Waals surface area contributed by atoms with E-state index in [0.717, 1.165) is 51.6 Å². The zero-order chi connectivity index (χ0) is 21.4. The Morgan fingerprint density at radius 2 is 1.68 bits per heavy atom. The second kappa shape index (κ2) is 17.9. The van der Waals surface area contributed by atoms with Crippen molar-refractivity contribution in [3.63, 3.8) is 0 Å². The number of nitrogens with one attached hydrogen (secondary N) is 2. The van der Waals surface area contributed by atoms with Crippen LogP contribution in [0.15, 0.2) is 4.99 Å². The molecule has 31 heavy (non-hydrogen) atoms. The predicted molar refractivity (Wildman–Crippen MR) is 138 cm³/mol. The lowest BCUT2D eigenvalue weighted by Crippen LogP contribution is -2.54. The number of likely N-dealkylation sites (tertiary alicyclic amines) is 1. The van der Waals surface area contributed by atoms with Gasteiger partial charge in [0.25, 0.3) is 0 Å². The van der Waals surface area contributed by atoms with Gasteiger partial charge in [0, 0.05) is 52.9 Å². The van der Waals surface area contributed by atoms with Gasteiger partial charge in [0.2, 0.25) is 5.91 Å². The minimum atomic E-state index is 0. The number of piperazine rings is 1. The fourth-order valence-corrected chi connectivity index (χ4v) is 4.09. The summed E-state index contributed by atoms with van der Waals surface area (Å²) in [6.45, 7) is 12.9. The molecule has 2 heterocycles. The molecule has 2 saturated heterocycles. The van der Waals surface area contributed by atoms with E-state index >= 15 is 0 Å². The molecule has 0 aromatic carbocycles. The minimum absolute atomic E-state index is 0. The molecule has 2 fully saturated rings. The molecule has 2 rings (SSSR count). The Morgan fingerprint density at radius 3 is 2.35 bits per heavy atom. The van der Waals surface area contributed by atoms with Crippen molar-refractivity contribution in [3.05, 3.63) is 0 Å². The number of methoxy groups -OCH3 is 1. The number of guanidine groups is 1. The highest BCUT2D eigenvalue weighted by Crippen LogP contribution is 2.10. The van der Waals surface area contributed by atoms with E-state index in [1.165, 1.54) is 51.7 Å². The molecule has 0 saturated carbocycles. The van der Waals surface area contributed by atoms with Crippen molar-refractivity contribution >= 4 is 35.8 Å². The van der Waals surface area contributed by atoms with E-state index in [9.17, 15) is 4.79 Å². The molecule has 2 aliphatic rings. The first-order valence-electron chi connectivity index (χ1n) is 12.0. The molecule has 0 unspecified atom stereocenters. The maximum Gasteiger partial charge on any atom is 0.234 e. The standard InChI is InChI=1S/C22H44N6O2.HI/c1-3-23-22(25-10-6-4-7-12-26-13-8-5-9-14-26)28-17-15-27(16-18-28)20-21(29)24-11-19-30-2;/h3-20H2,1-2H3,(H,23,25)(H,24,29);1H. The Labute approximate surface area is 206 Å². The summed E-state index contributed by atoms with van der Waals surface area (Å²) in [6.07, 6.45) is 7.87. The molecule has 2 aliphatic heterocycles. The molecule has 0 spiro atoms. The predicted octanol–water partition coefficient (Wildman–Crippen LogP) is 1.61. The van der Waals surface area contributed by atoms with Gasteiger partial charge in [0.1, 0.15) is 0 Å². The SMILES string of the molecule is CCNC(=NCCCCCN1CCCCC1)N1CCN(CC(=O)NCCOC)CC1.I. The van der Waals surface area contributed by atoms with Gasteiger partial charge in [-0.3, -0.25) is 14.7 Å². The summed E-state index contributed by atoms with van der Waals surface area (Å²) in [6, 6.07) is 0. The highest BCUT2D eigenvalue weighted by Gasteiger charge is 2.21. The number of ether oxygens (including phenoxy) is 1. The van der Waals surface area contributed by atoms with Crippen LogP contribution in [0.2, 0.25) is 0 Å². The van der Waals surface area contributed by atoms with E-state index in [2.05, 4.69) is 32.3 Å². The van der Waals surface area contributed by atoms with Crippen molar-refractivity contribution in [2.24, 2.45) is 4.99 Å². The summed E-state index contributed by atoms with van der Waals surface area (Å²) in [5.41, 5.74) is 0. The van der Waals surface area contributed by atoms with Gasteiger partial charge in [0.05, 0.1) is 13.2 Å². The number of carbonyl (C=O) groups is 1. The Balaban J connectivity index is 0.00000480. The number of rotatable bonds is 12. The van der Waals surface area contributed by atoms with Crippen LogP contribution in [0.1, 0.15) is 45.4 Å². The third kappa shape index (κ3) is 12.2. The lowest BCUT2D eigenvalue weighted by molar-refractivity contribution is -0.122. The van der Waals surface area contributed by atoms with Crippen LogP contribution in [-0.2, 0) is 9.53 Å². The monoisotopic (exact) mass is 552 g/mol. The van der Waals surface area contributed by atoms with Gasteiger partial charge in [-0.15, -0.1) is 24.0 Å². The van der Waals surface area contributed by atoms with Crippen molar-refractivity contribution in [2.75, 3.05) is 85.7 Å². The van der Waals surface area contributed by atoms with Gasteiger partial charge in [-0.2, -0.15) is 0 Å². The van der Waals surface area contributed by atoms with E-state index in [1.54, 1.807) is 7.11 Å². The average molecular weight is 553 g/mol. The zero-order valence-corrected chi connectivity index (χ0v) is 22.1.